The maximum Gasteiger partial charge on any atom is 0.330 e. The molecular weight excluding hydrogens is 717 g/mol. The molecule has 4 atom stereocenters. The SMILES string of the molecule is C=CC[C@@H](C[C@H](C[C@H](C[C@H](CCCCCCCCCCCCCCC)O[Si](C)(C)C(C)(C)C)O[Si](C)(C)C(C)(C)C)O[Si](C)(C)C(C)(C)C)OC(=O)C=C. The van der Waals surface area contributed by atoms with Crippen LogP contribution < -0.4 is 0 Å². The zero-order valence-corrected chi connectivity index (χ0v) is 42.1. The highest BCUT2D eigenvalue weighted by atomic mass is 28.4. The summed E-state index contributed by atoms with van der Waals surface area (Å²) in [6.07, 6.45) is 24.2. The molecule has 0 fully saturated rings. The Morgan fingerprint density at radius 3 is 1.17 bits per heavy atom. The van der Waals surface area contributed by atoms with Gasteiger partial charge < -0.3 is 18.0 Å². The fourth-order valence-corrected chi connectivity index (χ4v) is 10.4. The van der Waals surface area contributed by atoms with Crippen molar-refractivity contribution in [1.82, 2.24) is 0 Å². The number of rotatable bonds is 30. The first kappa shape index (κ1) is 53.5. The van der Waals surface area contributed by atoms with E-state index in [2.05, 4.69) is 122 Å². The number of esters is 1. The van der Waals surface area contributed by atoms with Crippen LogP contribution in [0.3, 0.4) is 0 Å². The Morgan fingerprint density at radius 2 is 0.833 bits per heavy atom. The fraction of sp³-hybridized carbons (Fsp3) is 0.891. The highest BCUT2D eigenvalue weighted by molar-refractivity contribution is 6.75. The zero-order chi connectivity index (χ0) is 41.9. The second-order valence-corrected chi connectivity index (χ2v) is 35.3. The molecule has 0 N–H and O–H groups in total. The molecule has 0 saturated heterocycles. The third-order valence-electron chi connectivity index (χ3n) is 12.9. The maximum atomic E-state index is 12.4. The molecule has 0 spiro atoms. The Balaban J connectivity index is 6.26. The van der Waals surface area contributed by atoms with Crippen LogP contribution in [0.1, 0.15) is 185 Å². The van der Waals surface area contributed by atoms with Crippen LogP contribution >= 0.6 is 0 Å². The highest BCUT2D eigenvalue weighted by Crippen LogP contribution is 2.43. The minimum Gasteiger partial charge on any atom is -0.459 e. The molecule has 0 bridgehead atoms. The standard InChI is InChI=1S/C46H94O5Si3/c1-19-22-23-24-25-26-27-28-29-30-31-32-33-35-40(49-52(13,14)44(4,5)6)37-42(51-54(17,18)46(10,11)12)38-41(50-53(15,16)45(7,8)9)36-39(34-20-2)48-43(47)21-3/h20-21,39-42H,2-3,19,22-38H2,1,4-18H3/t39-,40-,41+,42-/m0/s1. The first-order chi connectivity index (χ1) is 24.7. The van der Waals surface area contributed by atoms with Crippen LogP contribution in [0, 0.1) is 0 Å². The van der Waals surface area contributed by atoms with Crippen molar-refractivity contribution in [3.8, 4) is 0 Å². The van der Waals surface area contributed by atoms with E-state index >= 15 is 0 Å². The summed E-state index contributed by atoms with van der Waals surface area (Å²) in [5.74, 6) is -0.400. The van der Waals surface area contributed by atoms with E-state index in [1.54, 1.807) is 0 Å². The van der Waals surface area contributed by atoms with Gasteiger partial charge in [-0.3, -0.25) is 0 Å². The molecule has 0 unspecified atom stereocenters. The molecule has 0 aromatic carbocycles. The topological polar surface area (TPSA) is 54.0 Å². The third kappa shape index (κ3) is 21.9. The van der Waals surface area contributed by atoms with Crippen LogP contribution in [0.2, 0.25) is 54.4 Å². The Bertz CT molecular complexity index is 1030. The summed E-state index contributed by atoms with van der Waals surface area (Å²) in [4.78, 5) is 12.4. The van der Waals surface area contributed by atoms with Crippen molar-refractivity contribution in [3.05, 3.63) is 25.3 Å². The quantitative estimate of drug-likeness (QED) is 0.0238. The molecule has 0 amide bonds. The van der Waals surface area contributed by atoms with E-state index in [4.69, 9.17) is 18.0 Å². The molecule has 0 heterocycles. The average Bonchev–Trinajstić information content (AvgIpc) is 3.01. The van der Waals surface area contributed by atoms with E-state index in [-0.39, 0.29) is 39.5 Å². The van der Waals surface area contributed by atoms with Crippen LogP contribution in [0.4, 0.5) is 0 Å². The summed E-state index contributed by atoms with van der Waals surface area (Å²) < 4.78 is 27.8. The molecule has 0 aromatic rings. The van der Waals surface area contributed by atoms with Gasteiger partial charge in [0.15, 0.2) is 25.0 Å². The summed E-state index contributed by atoms with van der Waals surface area (Å²) >= 11 is 0. The first-order valence-corrected chi connectivity index (χ1v) is 30.9. The van der Waals surface area contributed by atoms with Crippen molar-refractivity contribution < 1.29 is 22.8 Å². The van der Waals surface area contributed by atoms with Crippen LogP contribution in [0.5, 0.6) is 0 Å². The van der Waals surface area contributed by atoms with Crippen LogP contribution in [0.25, 0.3) is 0 Å². The minimum atomic E-state index is -2.18. The molecule has 0 radical (unpaired) electrons. The number of carbonyl (C=O) groups is 1. The van der Waals surface area contributed by atoms with E-state index in [0.717, 1.165) is 19.3 Å². The summed E-state index contributed by atoms with van der Waals surface area (Å²) in [5.41, 5.74) is 0. The van der Waals surface area contributed by atoms with Gasteiger partial charge in [-0.15, -0.1) is 6.58 Å². The Morgan fingerprint density at radius 1 is 0.519 bits per heavy atom. The predicted molar refractivity (Wildman–Crippen MR) is 245 cm³/mol. The van der Waals surface area contributed by atoms with Crippen LogP contribution in [0.15, 0.2) is 25.3 Å². The molecule has 0 aromatic heterocycles. The largest absolute Gasteiger partial charge is 0.459 e. The summed E-state index contributed by atoms with van der Waals surface area (Å²) in [5, 5.41) is 0.226. The molecule has 0 rings (SSSR count). The predicted octanol–water partition coefficient (Wildman–Crippen LogP) is 15.5. The van der Waals surface area contributed by atoms with Gasteiger partial charge in [-0.25, -0.2) is 4.79 Å². The van der Waals surface area contributed by atoms with Gasteiger partial charge in [0.1, 0.15) is 6.10 Å². The lowest BCUT2D eigenvalue weighted by molar-refractivity contribution is -0.144. The average molecular weight is 812 g/mol. The van der Waals surface area contributed by atoms with Crippen molar-refractivity contribution in [2.24, 2.45) is 0 Å². The van der Waals surface area contributed by atoms with E-state index < -0.39 is 30.9 Å². The van der Waals surface area contributed by atoms with Gasteiger partial charge >= 0.3 is 5.97 Å². The molecular formula is C46H94O5Si3. The number of carbonyl (C=O) groups excluding carboxylic acids is 1. The lowest BCUT2D eigenvalue weighted by Gasteiger charge is -2.44. The van der Waals surface area contributed by atoms with Crippen molar-refractivity contribution >= 4 is 30.9 Å². The van der Waals surface area contributed by atoms with E-state index in [1.165, 1.54) is 89.5 Å². The summed E-state index contributed by atoms with van der Waals surface area (Å²) in [6.45, 7) is 45.0. The number of hydrogen-bond acceptors (Lipinski definition) is 5. The van der Waals surface area contributed by atoms with Crippen molar-refractivity contribution in [2.75, 3.05) is 0 Å². The lowest BCUT2D eigenvalue weighted by atomic mass is 9.98. The first-order valence-electron chi connectivity index (χ1n) is 22.2. The lowest BCUT2D eigenvalue weighted by Crippen LogP contribution is -2.49. The molecule has 0 aliphatic rings. The number of unbranched alkanes of at least 4 members (excludes halogenated alkanes) is 12. The summed E-state index contributed by atoms with van der Waals surface area (Å²) in [6, 6.07) is 0. The van der Waals surface area contributed by atoms with E-state index in [0.29, 0.717) is 12.8 Å². The Labute approximate surface area is 341 Å². The van der Waals surface area contributed by atoms with Gasteiger partial charge in [0, 0.05) is 31.1 Å². The fourth-order valence-electron chi connectivity index (χ4n) is 6.25. The van der Waals surface area contributed by atoms with Gasteiger partial charge in [-0.05, 0) is 73.7 Å². The number of hydrogen-bond donors (Lipinski definition) is 0. The summed E-state index contributed by atoms with van der Waals surface area (Å²) in [7, 11) is -6.38. The third-order valence-corrected chi connectivity index (χ3v) is 26.5. The normalized spacial score (nSPS) is 15.8. The van der Waals surface area contributed by atoms with Crippen molar-refractivity contribution in [2.45, 2.75) is 264 Å². The second-order valence-electron chi connectivity index (χ2n) is 21.0. The Kier molecular flexibility index (Phi) is 24.8. The van der Waals surface area contributed by atoms with Gasteiger partial charge in [-0.2, -0.15) is 0 Å². The molecule has 5 nitrogen and oxygen atoms in total. The zero-order valence-electron chi connectivity index (χ0n) is 39.1. The monoisotopic (exact) mass is 811 g/mol. The van der Waals surface area contributed by atoms with Crippen molar-refractivity contribution in [3.63, 3.8) is 0 Å². The van der Waals surface area contributed by atoms with E-state index in [9.17, 15) is 4.79 Å². The van der Waals surface area contributed by atoms with Gasteiger partial charge in [0.05, 0.1) is 6.10 Å². The van der Waals surface area contributed by atoms with Crippen LogP contribution in [-0.4, -0.2) is 55.3 Å². The van der Waals surface area contributed by atoms with Crippen molar-refractivity contribution in [1.29, 1.82) is 0 Å². The molecule has 0 aliphatic carbocycles. The highest BCUT2D eigenvalue weighted by Gasteiger charge is 2.44. The van der Waals surface area contributed by atoms with Gasteiger partial charge in [0.25, 0.3) is 0 Å². The minimum absolute atomic E-state index is 0.0307. The maximum absolute atomic E-state index is 12.4. The molecule has 320 valence electrons. The molecule has 0 saturated carbocycles. The smallest absolute Gasteiger partial charge is 0.330 e. The Hall–Kier alpha value is -0.519. The van der Waals surface area contributed by atoms with Gasteiger partial charge in [0.2, 0.25) is 0 Å². The van der Waals surface area contributed by atoms with Crippen LogP contribution in [-0.2, 0) is 22.8 Å². The number of ether oxygens (including phenoxy) is 1. The molecule has 0 aliphatic heterocycles. The molecule has 54 heavy (non-hydrogen) atoms. The van der Waals surface area contributed by atoms with E-state index in [1.807, 2.05) is 6.08 Å². The second kappa shape index (κ2) is 25.1. The van der Waals surface area contributed by atoms with Gasteiger partial charge in [-0.1, -0.05) is 165 Å². The molecule has 8 heteroatoms.